The third-order valence-corrected chi connectivity index (χ3v) is 3.72. The van der Waals surface area contributed by atoms with Crippen molar-refractivity contribution in [1.82, 2.24) is 25.1 Å². The Bertz CT molecular complexity index is 440. The smallest absolute Gasteiger partial charge is 0.244 e. The van der Waals surface area contributed by atoms with E-state index in [1.54, 1.807) is 11.9 Å². The van der Waals surface area contributed by atoms with Crippen molar-refractivity contribution >= 4 is 11.9 Å². The molecule has 19 heavy (non-hydrogen) atoms. The number of hydrogen-bond acceptors (Lipinski definition) is 6. The van der Waals surface area contributed by atoms with E-state index in [4.69, 9.17) is 5.73 Å². The molecule has 1 aromatic rings. The predicted molar refractivity (Wildman–Crippen MR) is 67.9 cm³/mol. The van der Waals surface area contributed by atoms with Crippen LogP contribution in [0, 0.1) is 0 Å². The van der Waals surface area contributed by atoms with Crippen LogP contribution < -0.4 is 5.73 Å². The van der Waals surface area contributed by atoms with Crippen LogP contribution in [0.5, 0.6) is 0 Å². The topological polar surface area (TPSA) is 110 Å². The zero-order chi connectivity index (χ0) is 13.9. The molecular formula is C11H20N6O2. The van der Waals surface area contributed by atoms with E-state index in [0.717, 1.165) is 25.7 Å². The highest BCUT2D eigenvalue weighted by Gasteiger charge is 2.31. The fourth-order valence-electron chi connectivity index (χ4n) is 2.36. The van der Waals surface area contributed by atoms with Gasteiger partial charge < -0.3 is 15.7 Å². The van der Waals surface area contributed by atoms with Crippen molar-refractivity contribution in [3.8, 4) is 0 Å². The third kappa shape index (κ3) is 3.40. The van der Waals surface area contributed by atoms with E-state index in [9.17, 15) is 9.90 Å². The van der Waals surface area contributed by atoms with E-state index in [2.05, 4.69) is 15.5 Å². The minimum absolute atomic E-state index is 0.0216. The molecule has 2 rings (SSSR count). The average molecular weight is 268 g/mol. The van der Waals surface area contributed by atoms with Gasteiger partial charge >= 0.3 is 0 Å². The average Bonchev–Trinajstić information content (AvgIpc) is 2.97. The standard InChI is InChI=1S/C11H20N6O2/c1-16(7-6-11(19)4-2-3-5-11)9(18)8-17-10(12)13-14-15-17/h19H,2-8H2,1H3,(H2,12,13,15). The van der Waals surface area contributed by atoms with Crippen LogP contribution in [0.2, 0.25) is 0 Å². The molecule has 0 atom stereocenters. The number of anilines is 1. The molecule has 1 aromatic heterocycles. The summed E-state index contributed by atoms with van der Waals surface area (Å²) in [6.07, 6.45) is 4.40. The molecule has 1 aliphatic carbocycles. The Hall–Kier alpha value is -1.70. The molecule has 0 saturated heterocycles. The van der Waals surface area contributed by atoms with Gasteiger partial charge in [0.25, 0.3) is 0 Å². The molecular weight excluding hydrogens is 248 g/mol. The summed E-state index contributed by atoms with van der Waals surface area (Å²) < 4.78 is 1.25. The molecule has 8 heteroatoms. The van der Waals surface area contributed by atoms with E-state index in [0.29, 0.717) is 13.0 Å². The zero-order valence-electron chi connectivity index (χ0n) is 11.1. The molecule has 0 radical (unpaired) electrons. The summed E-state index contributed by atoms with van der Waals surface area (Å²) in [6, 6.07) is 0. The maximum absolute atomic E-state index is 11.9. The maximum atomic E-state index is 11.9. The Morgan fingerprint density at radius 2 is 2.21 bits per heavy atom. The Morgan fingerprint density at radius 3 is 2.79 bits per heavy atom. The van der Waals surface area contributed by atoms with Crippen molar-refractivity contribution in [3.05, 3.63) is 0 Å². The van der Waals surface area contributed by atoms with Crippen LogP contribution in [-0.2, 0) is 11.3 Å². The van der Waals surface area contributed by atoms with Gasteiger partial charge in [-0.15, -0.1) is 0 Å². The summed E-state index contributed by atoms with van der Waals surface area (Å²) in [5.41, 5.74) is 4.90. The van der Waals surface area contributed by atoms with Crippen LogP contribution in [0.4, 0.5) is 5.95 Å². The number of aromatic nitrogens is 4. The molecule has 1 amide bonds. The first-order valence-corrected chi connectivity index (χ1v) is 6.48. The molecule has 0 spiro atoms. The number of carbonyl (C=O) groups is 1. The number of carbonyl (C=O) groups excluding carboxylic acids is 1. The number of nitrogens with two attached hydrogens (primary N) is 1. The van der Waals surface area contributed by atoms with Gasteiger partial charge in [0.15, 0.2) is 0 Å². The summed E-state index contributed by atoms with van der Waals surface area (Å²) in [6.45, 7) is 0.547. The van der Waals surface area contributed by atoms with Crippen LogP contribution in [0.1, 0.15) is 32.1 Å². The number of aliphatic hydroxyl groups is 1. The largest absolute Gasteiger partial charge is 0.390 e. The summed E-state index contributed by atoms with van der Waals surface area (Å²) in [5, 5.41) is 20.7. The number of rotatable bonds is 5. The number of tetrazole rings is 1. The molecule has 106 valence electrons. The molecule has 0 aromatic carbocycles. The normalized spacial score (nSPS) is 17.6. The minimum atomic E-state index is -0.595. The fraction of sp³-hybridized carbons (Fsp3) is 0.818. The van der Waals surface area contributed by atoms with Crippen LogP contribution in [0.3, 0.4) is 0 Å². The summed E-state index contributed by atoms with van der Waals surface area (Å²) >= 11 is 0. The highest BCUT2D eigenvalue weighted by atomic mass is 16.3. The zero-order valence-corrected chi connectivity index (χ0v) is 11.1. The van der Waals surface area contributed by atoms with E-state index < -0.39 is 5.60 Å². The maximum Gasteiger partial charge on any atom is 0.244 e. The van der Waals surface area contributed by atoms with Gasteiger partial charge in [-0.1, -0.05) is 17.9 Å². The molecule has 1 saturated carbocycles. The second-order valence-corrected chi connectivity index (χ2v) is 5.19. The third-order valence-electron chi connectivity index (χ3n) is 3.72. The van der Waals surface area contributed by atoms with Gasteiger partial charge in [-0.25, -0.2) is 4.68 Å². The lowest BCUT2D eigenvalue weighted by Gasteiger charge is -2.25. The monoisotopic (exact) mass is 268 g/mol. The number of nitrogens with zero attached hydrogens (tertiary/aromatic N) is 5. The predicted octanol–water partition coefficient (Wildman–Crippen LogP) is -0.591. The quantitative estimate of drug-likeness (QED) is 0.738. The molecule has 1 heterocycles. The Labute approximate surface area is 111 Å². The molecule has 1 fully saturated rings. The second-order valence-electron chi connectivity index (χ2n) is 5.19. The first-order valence-electron chi connectivity index (χ1n) is 6.48. The Kier molecular flexibility index (Phi) is 3.98. The van der Waals surface area contributed by atoms with E-state index in [1.807, 2.05) is 0 Å². The van der Waals surface area contributed by atoms with Gasteiger partial charge in [0, 0.05) is 13.6 Å². The van der Waals surface area contributed by atoms with Crippen molar-refractivity contribution in [3.63, 3.8) is 0 Å². The summed E-state index contributed by atoms with van der Waals surface area (Å²) in [4.78, 5) is 13.5. The molecule has 0 aliphatic heterocycles. The lowest BCUT2D eigenvalue weighted by Crippen LogP contribution is -2.36. The van der Waals surface area contributed by atoms with Crippen LogP contribution >= 0.6 is 0 Å². The highest BCUT2D eigenvalue weighted by molar-refractivity contribution is 5.75. The van der Waals surface area contributed by atoms with E-state index in [-0.39, 0.29) is 18.4 Å². The second kappa shape index (κ2) is 5.52. The number of likely N-dealkylation sites (N-methyl/N-ethyl adjacent to an activating group) is 1. The van der Waals surface area contributed by atoms with Crippen LogP contribution in [0.15, 0.2) is 0 Å². The van der Waals surface area contributed by atoms with Gasteiger partial charge in [0.1, 0.15) is 6.54 Å². The minimum Gasteiger partial charge on any atom is -0.390 e. The van der Waals surface area contributed by atoms with Gasteiger partial charge in [-0.3, -0.25) is 4.79 Å². The molecule has 1 aliphatic rings. The Morgan fingerprint density at radius 1 is 1.53 bits per heavy atom. The van der Waals surface area contributed by atoms with Crippen molar-refractivity contribution < 1.29 is 9.90 Å². The summed E-state index contributed by atoms with van der Waals surface area (Å²) in [7, 11) is 1.71. The van der Waals surface area contributed by atoms with Crippen LogP contribution in [0.25, 0.3) is 0 Å². The number of hydrogen-bond donors (Lipinski definition) is 2. The van der Waals surface area contributed by atoms with Crippen molar-refractivity contribution in [2.75, 3.05) is 19.3 Å². The molecule has 0 bridgehead atoms. The molecule has 8 nitrogen and oxygen atoms in total. The van der Waals surface area contributed by atoms with Gasteiger partial charge in [-0.2, -0.15) is 0 Å². The number of amides is 1. The summed E-state index contributed by atoms with van der Waals surface area (Å²) in [5.74, 6) is -0.00299. The molecule has 3 N–H and O–H groups in total. The van der Waals surface area contributed by atoms with Crippen molar-refractivity contribution in [1.29, 1.82) is 0 Å². The van der Waals surface area contributed by atoms with Crippen LogP contribution in [-0.4, -0.2) is 55.3 Å². The first-order chi connectivity index (χ1) is 9.00. The highest BCUT2D eigenvalue weighted by Crippen LogP contribution is 2.32. The SMILES string of the molecule is CN(CCC1(O)CCCC1)C(=O)Cn1nnnc1N. The molecule has 0 unspecified atom stereocenters. The van der Waals surface area contributed by atoms with Crippen molar-refractivity contribution in [2.24, 2.45) is 0 Å². The lowest BCUT2D eigenvalue weighted by atomic mass is 9.98. The first kappa shape index (κ1) is 13.7. The van der Waals surface area contributed by atoms with Gasteiger partial charge in [0.2, 0.25) is 11.9 Å². The fourth-order valence-corrected chi connectivity index (χ4v) is 2.36. The number of nitrogen functional groups attached to an aromatic ring is 1. The van der Waals surface area contributed by atoms with Gasteiger partial charge in [0.05, 0.1) is 5.60 Å². The van der Waals surface area contributed by atoms with Crippen molar-refractivity contribution in [2.45, 2.75) is 44.2 Å². The van der Waals surface area contributed by atoms with E-state index in [1.165, 1.54) is 4.68 Å². The Balaban J connectivity index is 1.81. The lowest BCUT2D eigenvalue weighted by molar-refractivity contribution is -0.131. The van der Waals surface area contributed by atoms with E-state index >= 15 is 0 Å². The van der Waals surface area contributed by atoms with Gasteiger partial charge in [-0.05, 0) is 29.7 Å².